The summed E-state index contributed by atoms with van der Waals surface area (Å²) in [5.41, 5.74) is 6.82. The maximum absolute atomic E-state index is 10.9. The van der Waals surface area contributed by atoms with Crippen molar-refractivity contribution in [1.29, 1.82) is 0 Å². The number of carboxylic acid groups (broad SMARTS) is 1. The predicted molar refractivity (Wildman–Crippen MR) is 66.0 cm³/mol. The fraction of sp³-hybridized carbons (Fsp3) is 0.462. The van der Waals surface area contributed by atoms with Crippen LogP contribution < -0.4 is 10.5 Å². The molecule has 94 valence electrons. The molecule has 4 nitrogen and oxygen atoms in total. The summed E-state index contributed by atoms with van der Waals surface area (Å²) in [6, 6.07) is 7.20. The number of carbonyl (C=O) groups is 1. The monoisotopic (exact) mass is 237 g/mol. The van der Waals surface area contributed by atoms with E-state index in [4.69, 9.17) is 15.6 Å². The van der Waals surface area contributed by atoms with Gasteiger partial charge >= 0.3 is 5.97 Å². The summed E-state index contributed by atoms with van der Waals surface area (Å²) in [6.45, 7) is 3.76. The predicted octanol–water partition coefficient (Wildman–Crippen LogP) is 2.34. The van der Waals surface area contributed by atoms with Gasteiger partial charge in [0.25, 0.3) is 0 Å². The largest absolute Gasteiger partial charge is 0.479 e. The summed E-state index contributed by atoms with van der Waals surface area (Å²) in [5, 5.41) is 8.97. The molecule has 0 aromatic heterocycles. The highest BCUT2D eigenvalue weighted by Gasteiger charge is 2.19. The second-order valence-electron chi connectivity index (χ2n) is 3.91. The van der Waals surface area contributed by atoms with Crippen LogP contribution in [0.25, 0.3) is 0 Å². The standard InChI is InChI=1S/C13H19NO3/c1-3-10(14)9-7-5-6-8-12(9)17-11(4-2)13(15)16/h5-8,10-11H,3-4,14H2,1-2H3,(H,15,16). The van der Waals surface area contributed by atoms with E-state index in [-0.39, 0.29) is 6.04 Å². The molecule has 3 N–H and O–H groups in total. The first-order valence-electron chi connectivity index (χ1n) is 5.84. The Morgan fingerprint density at radius 1 is 1.35 bits per heavy atom. The lowest BCUT2D eigenvalue weighted by Crippen LogP contribution is -2.27. The SMILES string of the molecule is CCC(Oc1ccccc1C(N)CC)C(=O)O. The third-order valence-corrected chi connectivity index (χ3v) is 2.67. The minimum absolute atomic E-state index is 0.127. The average molecular weight is 237 g/mol. The van der Waals surface area contributed by atoms with Gasteiger partial charge in [-0.25, -0.2) is 4.79 Å². The van der Waals surface area contributed by atoms with Crippen molar-refractivity contribution in [3.63, 3.8) is 0 Å². The smallest absolute Gasteiger partial charge is 0.344 e. The molecule has 1 rings (SSSR count). The van der Waals surface area contributed by atoms with Crippen LogP contribution >= 0.6 is 0 Å². The molecule has 0 aliphatic carbocycles. The van der Waals surface area contributed by atoms with Crippen LogP contribution in [0, 0.1) is 0 Å². The van der Waals surface area contributed by atoms with E-state index < -0.39 is 12.1 Å². The van der Waals surface area contributed by atoms with Crippen molar-refractivity contribution < 1.29 is 14.6 Å². The number of benzene rings is 1. The van der Waals surface area contributed by atoms with E-state index in [2.05, 4.69) is 0 Å². The lowest BCUT2D eigenvalue weighted by molar-refractivity contribution is -0.145. The second kappa shape index (κ2) is 6.25. The van der Waals surface area contributed by atoms with Crippen molar-refractivity contribution in [1.82, 2.24) is 0 Å². The Bertz CT molecular complexity index is 379. The quantitative estimate of drug-likeness (QED) is 0.796. The summed E-state index contributed by atoms with van der Waals surface area (Å²) in [7, 11) is 0. The van der Waals surface area contributed by atoms with E-state index in [1.165, 1.54) is 0 Å². The molecular formula is C13H19NO3. The molecule has 1 aromatic rings. The van der Waals surface area contributed by atoms with E-state index in [1.807, 2.05) is 25.1 Å². The van der Waals surface area contributed by atoms with Gasteiger partial charge in [0.15, 0.2) is 6.10 Å². The fourth-order valence-electron chi connectivity index (χ4n) is 1.58. The minimum Gasteiger partial charge on any atom is -0.479 e. The molecule has 0 aliphatic rings. The highest BCUT2D eigenvalue weighted by molar-refractivity contribution is 5.72. The molecule has 4 heteroatoms. The first-order chi connectivity index (χ1) is 8.10. The zero-order valence-corrected chi connectivity index (χ0v) is 10.2. The van der Waals surface area contributed by atoms with Crippen LogP contribution in [0.15, 0.2) is 24.3 Å². The molecule has 0 radical (unpaired) electrons. The number of aliphatic carboxylic acids is 1. The molecule has 17 heavy (non-hydrogen) atoms. The Morgan fingerprint density at radius 2 is 2.00 bits per heavy atom. The van der Waals surface area contributed by atoms with Crippen LogP contribution in [0.3, 0.4) is 0 Å². The van der Waals surface area contributed by atoms with Crippen LogP contribution in [0.2, 0.25) is 0 Å². The Hall–Kier alpha value is -1.55. The fourth-order valence-corrected chi connectivity index (χ4v) is 1.58. The number of hydrogen-bond donors (Lipinski definition) is 2. The zero-order valence-electron chi connectivity index (χ0n) is 10.2. The Kier molecular flexibility index (Phi) is 4.97. The maximum atomic E-state index is 10.9. The molecule has 0 amide bonds. The molecular weight excluding hydrogens is 218 g/mol. The topological polar surface area (TPSA) is 72.5 Å². The lowest BCUT2D eigenvalue weighted by atomic mass is 10.0. The van der Waals surface area contributed by atoms with Gasteiger partial charge in [-0.3, -0.25) is 0 Å². The third-order valence-electron chi connectivity index (χ3n) is 2.67. The van der Waals surface area contributed by atoms with Crippen LogP contribution in [0.1, 0.15) is 38.3 Å². The van der Waals surface area contributed by atoms with Gasteiger partial charge in [0, 0.05) is 11.6 Å². The van der Waals surface area contributed by atoms with Gasteiger partial charge in [-0.05, 0) is 18.9 Å². The molecule has 0 fully saturated rings. The molecule has 0 aliphatic heterocycles. The average Bonchev–Trinajstić information content (AvgIpc) is 2.35. The molecule has 0 saturated carbocycles. The van der Waals surface area contributed by atoms with E-state index >= 15 is 0 Å². The number of para-hydroxylation sites is 1. The summed E-state index contributed by atoms with van der Waals surface area (Å²) in [4.78, 5) is 10.9. The highest BCUT2D eigenvalue weighted by atomic mass is 16.5. The van der Waals surface area contributed by atoms with E-state index in [0.29, 0.717) is 12.2 Å². The Morgan fingerprint density at radius 3 is 2.53 bits per heavy atom. The van der Waals surface area contributed by atoms with Gasteiger partial charge in [-0.15, -0.1) is 0 Å². The summed E-state index contributed by atoms with van der Waals surface area (Å²) in [5.74, 6) is -0.386. The van der Waals surface area contributed by atoms with Crippen molar-refractivity contribution >= 4 is 5.97 Å². The van der Waals surface area contributed by atoms with Crippen LogP contribution in [-0.2, 0) is 4.79 Å². The summed E-state index contributed by atoms with van der Waals surface area (Å²) in [6.07, 6.45) is 0.384. The number of nitrogens with two attached hydrogens (primary N) is 1. The van der Waals surface area contributed by atoms with E-state index in [9.17, 15) is 4.79 Å². The number of ether oxygens (including phenoxy) is 1. The number of rotatable bonds is 6. The van der Waals surface area contributed by atoms with Gasteiger partial charge in [0.2, 0.25) is 0 Å². The van der Waals surface area contributed by atoms with Gasteiger partial charge in [-0.1, -0.05) is 32.0 Å². The molecule has 2 atom stereocenters. The molecule has 0 saturated heterocycles. The minimum atomic E-state index is -0.952. The van der Waals surface area contributed by atoms with Crippen LogP contribution in [0.4, 0.5) is 0 Å². The Balaban J connectivity index is 2.93. The Labute approximate surface area is 101 Å². The normalized spacial score (nSPS) is 14.1. The van der Waals surface area contributed by atoms with Crippen molar-refractivity contribution in [3.8, 4) is 5.75 Å². The molecule has 0 bridgehead atoms. The van der Waals surface area contributed by atoms with Crippen molar-refractivity contribution in [2.24, 2.45) is 5.73 Å². The van der Waals surface area contributed by atoms with Gasteiger partial charge in [0.1, 0.15) is 5.75 Å². The molecule has 1 aromatic carbocycles. The summed E-state index contributed by atoms with van der Waals surface area (Å²) < 4.78 is 5.50. The van der Waals surface area contributed by atoms with Gasteiger partial charge < -0.3 is 15.6 Å². The first-order valence-corrected chi connectivity index (χ1v) is 5.84. The molecule has 0 heterocycles. The highest BCUT2D eigenvalue weighted by Crippen LogP contribution is 2.26. The molecule has 2 unspecified atom stereocenters. The van der Waals surface area contributed by atoms with Crippen molar-refractivity contribution in [2.75, 3.05) is 0 Å². The van der Waals surface area contributed by atoms with Gasteiger partial charge in [-0.2, -0.15) is 0 Å². The number of hydrogen-bond acceptors (Lipinski definition) is 3. The summed E-state index contributed by atoms with van der Waals surface area (Å²) >= 11 is 0. The lowest BCUT2D eigenvalue weighted by Gasteiger charge is -2.19. The second-order valence-corrected chi connectivity index (χ2v) is 3.91. The number of carboxylic acids is 1. The van der Waals surface area contributed by atoms with Crippen LogP contribution in [-0.4, -0.2) is 17.2 Å². The maximum Gasteiger partial charge on any atom is 0.344 e. The third kappa shape index (κ3) is 3.46. The van der Waals surface area contributed by atoms with Gasteiger partial charge in [0.05, 0.1) is 0 Å². The zero-order chi connectivity index (χ0) is 12.8. The van der Waals surface area contributed by atoms with E-state index in [0.717, 1.165) is 12.0 Å². The van der Waals surface area contributed by atoms with E-state index in [1.54, 1.807) is 13.0 Å². The first kappa shape index (κ1) is 13.5. The van der Waals surface area contributed by atoms with Crippen LogP contribution in [0.5, 0.6) is 5.75 Å². The van der Waals surface area contributed by atoms with Crippen molar-refractivity contribution in [2.45, 2.75) is 38.8 Å². The molecule has 0 spiro atoms. The van der Waals surface area contributed by atoms with Crippen molar-refractivity contribution in [3.05, 3.63) is 29.8 Å².